The van der Waals surface area contributed by atoms with Crippen LogP contribution in [0, 0.1) is 5.92 Å². The molecule has 1 aliphatic heterocycles. The van der Waals surface area contributed by atoms with Gasteiger partial charge in [0.2, 0.25) is 11.8 Å². The van der Waals surface area contributed by atoms with Gasteiger partial charge in [0, 0.05) is 14.1 Å². The van der Waals surface area contributed by atoms with Crippen LogP contribution in [-0.4, -0.2) is 56.0 Å². The Morgan fingerprint density at radius 3 is 2.09 bits per heavy atom. The van der Waals surface area contributed by atoms with Crippen molar-refractivity contribution in [2.45, 2.75) is 6.42 Å². The van der Waals surface area contributed by atoms with E-state index in [1.807, 2.05) is 0 Å². The van der Waals surface area contributed by atoms with Gasteiger partial charge < -0.3 is 9.47 Å². The summed E-state index contributed by atoms with van der Waals surface area (Å²) in [4.78, 5) is 38.1. The fourth-order valence-electron chi connectivity index (χ4n) is 2.42. The van der Waals surface area contributed by atoms with E-state index in [0.717, 1.165) is 9.80 Å². The summed E-state index contributed by atoms with van der Waals surface area (Å²) in [6.45, 7) is 0. The molecule has 1 aromatic carbocycles. The molecule has 1 saturated heterocycles. The van der Waals surface area contributed by atoms with Gasteiger partial charge in [0.1, 0.15) is 17.4 Å². The van der Waals surface area contributed by atoms with E-state index in [2.05, 4.69) is 0 Å². The van der Waals surface area contributed by atoms with Crippen molar-refractivity contribution in [2.24, 2.45) is 5.92 Å². The molecule has 7 heteroatoms. The van der Waals surface area contributed by atoms with E-state index in [4.69, 9.17) is 9.47 Å². The third-order valence-electron chi connectivity index (χ3n) is 3.74. The molecule has 0 unspecified atom stereocenters. The maximum absolute atomic E-state index is 12.2. The first kappa shape index (κ1) is 15.8. The summed E-state index contributed by atoms with van der Waals surface area (Å²) in [6.07, 6.45) is 0.139. The first-order valence-corrected chi connectivity index (χ1v) is 6.70. The highest BCUT2D eigenvalue weighted by molar-refractivity contribution is 6.15. The van der Waals surface area contributed by atoms with Crippen molar-refractivity contribution in [1.82, 2.24) is 9.80 Å². The molecule has 1 fully saturated rings. The highest BCUT2D eigenvalue weighted by atomic mass is 16.5. The molecule has 0 N–H and O–H groups in total. The number of hydrogen-bond acceptors (Lipinski definition) is 5. The van der Waals surface area contributed by atoms with Gasteiger partial charge in [-0.05, 0) is 30.2 Å². The standard InChI is InChI=1S/C15H18N2O5/c1-16-13(18)11(14(19)17(2)15(16)20)8-9-7-10(21-3)5-6-12(9)22-4/h5-7,11H,8H2,1-4H3. The molecule has 0 aromatic heterocycles. The number of benzene rings is 1. The summed E-state index contributed by atoms with van der Waals surface area (Å²) in [7, 11) is 5.77. The topological polar surface area (TPSA) is 76.2 Å². The Balaban J connectivity index is 2.34. The number of urea groups is 1. The van der Waals surface area contributed by atoms with Gasteiger partial charge in [0.15, 0.2) is 0 Å². The lowest BCUT2D eigenvalue weighted by atomic mass is 9.94. The van der Waals surface area contributed by atoms with Crippen molar-refractivity contribution in [1.29, 1.82) is 0 Å². The van der Waals surface area contributed by atoms with Crippen LogP contribution in [0.4, 0.5) is 4.79 Å². The summed E-state index contributed by atoms with van der Waals surface area (Å²) in [5.41, 5.74) is 0.671. The SMILES string of the molecule is COc1ccc(OC)c(CC2C(=O)N(C)C(=O)N(C)C2=O)c1. The monoisotopic (exact) mass is 306 g/mol. The minimum atomic E-state index is -0.950. The fourth-order valence-corrected chi connectivity index (χ4v) is 2.42. The Bertz CT molecular complexity index is 604. The minimum Gasteiger partial charge on any atom is -0.497 e. The van der Waals surface area contributed by atoms with Gasteiger partial charge >= 0.3 is 6.03 Å². The maximum Gasteiger partial charge on any atom is 0.332 e. The van der Waals surface area contributed by atoms with E-state index >= 15 is 0 Å². The maximum atomic E-state index is 12.2. The average Bonchev–Trinajstić information content (AvgIpc) is 2.54. The van der Waals surface area contributed by atoms with Gasteiger partial charge in [0.25, 0.3) is 0 Å². The molecule has 0 aliphatic carbocycles. The Kier molecular flexibility index (Phi) is 4.35. The molecule has 0 bridgehead atoms. The number of methoxy groups -OCH3 is 2. The molecule has 2 rings (SSSR count). The summed E-state index contributed by atoms with van der Waals surface area (Å²) >= 11 is 0. The van der Waals surface area contributed by atoms with E-state index in [9.17, 15) is 14.4 Å². The first-order valence-electron chi connectivity index (χ1n) is 6.70. The van der Waals surface area contributed by atoms with E-state index in [1.54, 1.807) is 18.2 Å². The number of hydrogen-bond donors (Lipinski definition) is 0. The molecule has 22 heavy (non-hydrogen) atoms. The molecule has 4 amide bonds. The van der Waals surface area contributed by atoms with Crippen LogP contribution in [-0.2, 0) is 16.0 Å². The number of carbonyl (C=O) groups excluding carboxylic acids is 3. The van der Waals surface area contributed by atoms with Crippen LogP contribution in [0.25, 0.3) is 0 Å². The van der Waals surface area contributed by atoms with Gasteiger partial charge in [0.05, 0.1) is 14.2 Å². The Labute approximate surface area is 128 Å². The van der Waals surface area contributed by atoms with Crippen LogP contribution in [0.15, 0.2) is 18.2 Å². The predicted octanol–water partition coefficient (Wildman–Crippen LogP) is 0.913. The smallest absolute Gasteiger partial charge is 0.332 e. The zero-order valence-electron chi connectivity index (χ0n) is 13.0. The lowest BCUT2D eigenvalue weighted by Gasteiger charge is -2.33. The second kappa shape index (κ2) is 6.05. The average molecular weight is 306 g/mol. The van der Waals surface area contributed by atoms with Gasteiger partial charge in [-0.25, -0.2) is 4.79 Å². The molecule has 0 radical (unpaired) electrons. The van der Waals surface area contributed by atoms with Crippen molar-refractivity contribution in [3.05, 3.63) is 23.8 Å². The molecular weight excluding hydrogens is 288 g/mol. The normalized spacial score (nSPS) is 16.3. The van der Waals surface area contributed by atoms with Gasteiger partial charge in [-0.15, -0.1) is 0 Å². The molecule has 1 aromatic rings. The van der Waals surface area contributed by atoms with Crippen LogP contribution in [0.1, 0.15) is 5.56 Å². The zero-order chi connectivity index (χ0) is 16.4. The molecular formula is C15H18N2O5. The highest BCUT2D eigenvalue weighted by Gasteiger charge is 2.42. The Hall–Kier alpha value is -2.57. The lowest BCUT2D eigenvalue weighted by Crippen LogP contribution is -2.57. The molecule has 7 nitrogen and oxygen atoms in total. The summed E-state index contributed by atoms with van der Waals surface area (Å²) in [5.74, 6) is -0.822. The van der Waals surface area contributed by atoms with Crippen molar-refractivity contribution < 1.29 is 23.9 Å². The van der Waals surface area contributed by atoms with Crippen LogP contribution in [0.5, 0.6) is 11.5 Å². The largest absolute Gasteiger partial charge is 0.497 e. The second-order valence-electron chi connectivity index (χ2n) is 5.01. The molecule has 1 aliphatic rings. The third kappa shape index (κ3) is 2.61. The molecule has 0 atom stereocenters. The van der Waals surface area contributed by atoms with E-state index in [-0.39, 0.29) is 6.42 Å². The molecule has 1 heterocycles. The second-order valence-corrected chi connectivity index (χ2v) is 5.01. The number of amides is 4. The Morgan fingerprint density at radius 2 is 1.59 bits per heavy atom. The number of rotatable bonds is 4. The number of carbonyl (C=O) groups is 3. The van der Waals surface area contributed by atoms with Crippen molar-refractivity contribution >= 4 is 17.8 Å². The summed E-state index contributed by atoms with van der Waals surface area (Å²) < 4.78 is 10.4. The van der Waals surface area contributed by atoms with E-state index < -0.39 is 23.8 Å². The predicted molar refractivity (Wildman–Crippen MR) is 77.7 cm³/mol. The van der Waals surface area contributed by atoms with E-state index in [1.165, 1.54) is 28.3 Å². The quantitative estimate of drug-likeness (QED) is 0.773. The van der Waals surface area contributed by atoms with Gasteiger partial charge in [-0.2, -0.15) is 0 Å². The van der Waals surface area contributed by atoms with Crippen molar-refractivity contribution in [2.75, 3.05) is 28.3 Å². The minimum absolute atomic E-state index is 0.139. The number of nitrogens with zero attached hydrogens (tertiary/aromatic N) is 2. The lowest BCUT2D eigenvalue weighted by molar-refractivity contribution is -0.147. The zero-order valence-corrected chi connectivity index (χ0v) is 13.0. The van der Waals surface area contributed by atoms with Crippen LogP contribution >= 0.6 is 0 Å². The molecule has 118 valence electrons. The number of barbiturate groups is 1. The van der Waals surface area contributed by atoms with Crippen LogP contribution in [0.3, 0.4) is 0 Å². The van der Waals surface area contributed by atoms with Crippen LogP contribution in [0.2, 0.25) is 0 Å². The number of ether oxygens (including phenoxy) is 2. The molecule has 0 saturated carbocycles. The van der Waals surface area contributed by atoms with Crippen molar-refractivity contribution in [3.8, 4) is 11.5 Å². The van der Waals surface area contributed by atoms with Gasteiger partial charge in [-0.1, -0.05) is 0 Å². The summed E-state index contributed by atoms with van der Waals surface area (Å²) in [6, 6.07) is 4.54. The van der Waals surface area contributed by atoms with Crippen molar-refractivity contribution in [3.63, 3.8) is 0 Å². The first-order chi connectivity index (χ1) is 10.4. The summed E-state index contributed by atoms with van der Waals surface area (Å²) in [5, 5.41) is 0. The fraction of sp³-hybridized carbons (Fsp3) is 0.400. The molecule has 0 spiro atoms. The Morgan fingerprint density at radius 1 is 1.00 bits per heavy atom. The van der Waals surface area contributed by atoms with Crippen LogP contribution < -0.4 is 9.47 Å². The third-order valence-corrected chi connectivity index (χ3v) is 3.74. The van der Waals surface area contributed by atoms with E-state index in [0.29, 0.717) is 17.1 Å². The van der Waals surface area contributed by atoms with Gasteiger partial charge in [-0.3, -0.25) is 19.4 Å². The number of imide groups is 2. The highest BCUT2D eigenvalue weighted by Crippen LogP contribution is 2.28.